The van der Waals surface area contributed by atoms with Gasteiger partial charge in [-0.2, -0.15) is 0 Å². The number of rotatable bonds is 1. The molecule has 0 radical (unpaired) electrons. The molecule has 0 aliphatic heterocycles. The number of hydrogen-bond acceptors (Lipinski definition) is 2. The molecular formula is C15H13FN2O. The Bertz CT molecular complexity index is 777. The van der Waals surface area contributed by atoms with Crippen LogP contribution in [-0.2, 0) is 0 Å². The molecule has 0 spiro atoms. The van der Waals surface area contributed by atoms with Crippen molar-refractivity contribution in [1.29, 1.82) is 0 Å². The SMILES string of the molecule is Cc1cc(C)c2nc(-c3ccc(O)cc3F)[nH]c2c1. The van der Waals surface area contributed by atoms with Gasteiger partial charge in [0.05, 0.1) is 16.6 Å². The summed E-state index contributed by atoms with van der Waals surface area (Å²) in [6.45, 7) is 3.99. The summed E-state index contributed by atoms with van der Waals surface area (Å²) in [6, 6.07) is 8.08. The summed E-state index contributed by atoms with van der Waals surface area (Å²) in [7, 11) is 0. The highest BCUT2D eigenvalue weighted by Gasteiger charge is 2.12. The molecule has 96 valence electrons. The van der Waals surface area contributed by atoms with Crippen LogP contribution in [0.4, 0.5) is 4.39 Å². The van der Waals surface area contributed by atoms with Crippen LogP contribution in [0, 0.1) is 19.7 Å². The Morgan fingerprint density at radius 1 is 1.16 bits per heavy atom. The molecule has 2 aromatic carbocycles. The molecule has 0 aliphatic carbocycles. The molecule has 0 bridgehead atoms. The molecular weight excluding hydrogens is 243 g/mol. The fraction of sp³-hybridized carbons (Fsp3) is 0.133. The van der Waals surface area contributed by atoms with Gasteiger partial charge in [-0.1, -0.05) is 6.07 Å². The van der Waals surface area contributed by atoms with Gasteiger partial charge in [-0.05, 0) is 43.2 Å². The molecule has 0 aliphatic rings. The second-order valence-electron chi connectivity index (χ2n) is 4.73. The maximum atomic E-state index is 13.8. The lowest BCUT2D eigenvalue weighted by Crippen LogP contribution is -1.85. The lowest BCUT2D eigenvalue weighted by molar-refractivity contribution is 0.469. The molecule has 3 nitrogen and oxygen atoms in total. The third kappa shape index (κ3) is 1.95. The largest absolute Gasteiger partial charge is 0.508 e. The van der Waals surface area contributed by atoms with Crippen LogP contribution >= 0.6 is 0 Å². The molecule has 0 saturated carbocycles. The Balaban J connectivity index is 2.23. The highest BCUT2D eigenvalue weighted by Crippen LogP contribution is 2.27. The van der Waals surface area contributed by atoms with E-state index in [1.54, 1.807) is 0 Å². The lowest BCUT2D eigenvalue weighted by atomic mass is 10.1. The Kier molecular flexibility index (Phi) is 2.52. The van der Waals surface area contributed by atoms with Crippen LogP contribution in [0.2, 0.25) is 0 Å². The molecule has 3 aromatic rings. The number of imidazole rings is 1. The molecule has 0 unspecified atom stereocenters. The molecule has 0 atom stereocenters. The quantitative estimate of drug-likeness (QED) is 0.697. The molecule has 0 saturated heterocycles. The van der Waals surface area contributed by atoms with Crippen LogP contribution in [0.3, 0.4) is 0 Å². The van der Waals surface area contributed by atoms with Crippen molar-refractivity contribution in [3.05, 3.63) is 47.3 Å². The van der Waals surface area contributed by atoms with E-state index in [0.717, 1.165) is 28.2 Å². The first kappa shape index (κ1) is 11.7. The van der Waals surface area contributed by atoms with Gasteiger partial charge in [0, 0.05) is 6.07 Å². The van der Waals surface area contributed by atoms with Gasteiger partial charge in [-0.25, -0.2) is 9.37 Å². The minimum atomic E-state index is -0.492. The summed E-state index contributed by atoms with van der Waals surface area (Å²) in [4.78, 5) is 7.56. The average molecular weight is 256 g/mol. The van der Waals surface area contributed by atoms with E-state index in [-0.39, 0.29) is 5.75 Å². The summed E-state index contributed by atoms with van der Waals surface area (Å²) in [6.07, 6.45) is 0. The van der Waals surface area contributed by atoms with Crippen LogP contribution in [0.25, 0.3) is 22.4 Å². The van der Waals surface area contributed by atoms with E-state index in [1.807, 2.05) is 26.0 Å². The number of halogens is 1. The average Bonchev–Trinajstić information content (AvgIpc) is 2.72. The highest BCUT2D eigenvalue weighted by molar-refractivity contribution is 5.83. The van der Waals surface area contributed by atoms with Crippen LogP contribution in [0.1, 0.15) is 11.1 Å². The predicted octanol–water partition coefficient (Wildman–Crippen LogP) is 3.69. The Hall–Kier alpha value is -2.36. The smallest absolute Gasteiger partial charge is 0.141 e. The van der Waals surface area contributed by atoms with E-state index in [1.165, 1.54) is 12.1 Å². The second kappa shape index (κ2) is 4.09. The van der Waals surface area contributed by atoms with Crippen molar-refractivity contribution in [3.8, 4) is 17.1 Å². The summed E-state index contributed by atoms with van der Waals surface area (Å²) < 4.78 is 13.8. The molecule has 3 rings (SSSR count). The van der Waals surface area contributed by atoms with Crippen LogP contribution in [0.5, 0.6) is 5.75 Å². The number of aromatic amines is 1. The summed E-state index contributed by atoms with van der Waals surface area (Å²) in [5.41, 5.74) is 4.27. The van der Waals surface area contributed by atoms with E-state index in [2.05, 4.69) is 9.97 Å². The minimum Gasteiger partial charge on any atom is -0.508 e. The summed E-state index contributed by atoms with van der Waals surface area (Å²) >= 11 is 0. The first-order valence-electron chi connectivity index (χ1n) is 6.00. The lowest BCUT2D eigenvalue weighted by Gasteiger charge is -1.99. The molecule has 1 heterocycles. The van der Waals surface area contributed by atoms with Crippen LogP contribution in [0.15, 0.2) is 30.3 Å². The third-order valence-electron chi connectivity index (χ3n) is 3.13. The number of nitrogens with zero attached hydrogens (tertiary/aromatic N) is 1. The summed E-state index contributed by atoms with van der Waals surface area (Å²) in [5.74, 6) is -0.112. The number of hydrogen-bond donors (Lipinski definition) is 2. The van der Waals surface area contributed by atoms with Gasteiger partial charge in [0.25, 0.3) is 0 Å². The highest BCUT2D eigenvalue weighted by atomic mass is 19.1. The van der Waals surface area contributed by atoms with Gasteiger partial charge in [0.2, 0.25) is 0 Å². The zero-order valence-corrected chi connectivity index (χ0v) is 10.7. The topological polar surface area (TPSA) is 48.9 Å². The first-order valence-corrected chi connectivity index (χ1v) is 6.00. The van der Waals surface area contributed by atoms with Crippen LogP contribution < -0.4 is 0 Å². The van der Waals surface area contributed by atoms with Crippen molar-refractivity contribution in [3.63, 3.8) is 0 Å². The fourth-order valence-electron chi connectivity index (χ4n) is 2.29. The van der Waals surface area contributed by atoms with Gasteiger partial charge in [-0.15, -0.1) is 0 Å². The van der Waals surface area contributed by atoms with Crippen molar-refractivity contribution in [2.45, 2.75) is 13.8 Å². The van der Waals surface area contributed by atoms with E-state index >= 15 is 0 Å². The maximum absolute atomic E-state index is 13.8. The molecule has 0 amide bonds. The number of aryl methyl sites for hydroxylation is 2. The van der Waals surface area contributed by atoms with Gasteiger partial charge in [-0.3, -0.25) is 0 Å². The van der Waals surface area contributed by atoms with Crippen molar-refractivity contribution in [2.75, 3.05) is 0 Å². The van der Waals surface area contributed by atoms with Gasteiger partial charge in [0.15, 0.2) is 0 Å². The molecule has 4 heteroatoms. The van der Waals surface area contributed by atoms with E-state index in [4.69, 9.17) is 0 Å². The molecule has 1 aromatic heterocycles. The first-order chi connectivity index (χ1) is 9.04. The molecule has 0 fully saturated rings. The van der Waals surface area contributed by atoms with Gasteiger partial charge >= 0.3 is 0 Å². The van der Waals surface area contributed by atoms with Crippen molar-refractivity contribution < 1.29 is 9.50 Å². The second-order valence-corrected chi connectivity index (χ2v) is 4.73. The Morgan fingerprint density at radius 2 is 1.95 bits per heavy atom. The normalized spacial score (nSPS) is 11.1. The Labute approximate surface area is 109 Å². The minimum absolute atomic E-state index is 0.0932. The monoisotopic (exact) mass is 256 g/mol. The number of phenolic OH excluding ortho intramolecular Hbond substituents is 1. The van der Waals surface area contributed by atoms with Gasteiger partial charge in [0.1, 0.15) is 17.4 Å². The maximum Gasteiger partial charge on any atom is 0.141 e. The predicted molar refractivity (Wildman–Crippen MR) is 72.6 cm³/mol. The number of aromatic hydroxyl groups is 1. The number of fused-ring (bicyclic) bond motifs is 1. The Morgan fingerprint density at radius 3 is 2.68 bits per heavy atom. The van der Waals surface area contributed by atoms with E-state index in [9.17, 15) is 9.50 Å². The van der Waals surface area contributed by atoms with E-state index < -0.39 is 5.82 Å². The number of phenols is 1. The summed E-state index contributed by atoms with van der Waals surface area (Å²) in [5, 5.41) is 9.23. The zero-order valence-electron chi connectivity index (χ0n) is 10.7. The van der Waals surface area contributed by atoms with E-state index in [0.29, 0.717) is 11.4 Å². The molecule has 2 N–H and O–H groups in total. The number of nitrogens with one attached hydrogen (secondary N) is 1. The number of benzene rings is 2. The van der Waals surface area contributed by atoms with Gasteiger partial charge < -0.3 is 10.1 Å². The standard InChI is InChI=1S/C15H13FN2O/c1-8-5-9(2)14-13(6-8)17-15(18-14)11-4-3-10(19)7-12(11)16/h3-7,19H,1-2H3,(H,17,18). The fourth-order valence-corrected chi connectivity index (χ4v) is 2.29. The van der Waals surface area contributed by atoms with Crippen molar-refractivity contribution in [1.82, 2.24) is 9.97 Å². The van der Waals surface area contributed by atoms with Crippen LogP contribution in [-0.4, -0.2) is 15.1 Å². The van der Waals surface area contributed by atoms with Crippen molar-refractivity contribution >= 4 is 11.0 Å². The van der Waals surface area contributed by atoms with Crippen molar-refractivity contribution in [2.24, 2.45) is 0 Å². The zero-order chi connectivity index (χ0) is 13.6. The number of H-pyrrole nitrogens is 1. The molecule has 19 heavy (non-hydrogen) atoms. The number of aromatic nitrogens is 2. The third-order valence-corrected chi connectivity index (χ3v) is 3.13.